The van der Waals surface area contributed by atoms with E-state index in [0.29, 0.717) is 24.4 Å². The molecular formula is C17H17N3O3. The molecule has 0 bridgehead atoms. The Labute approximate surface area is 133 Å². The van der Waals surface area contributed by atoms with Crippen molar-refractivity contribution in [1.29, 1.82) is 0 Å². The molecule has 23 heavy (non-hydrogen) atoms. The first kappa shape index (κ1) is 14.9. The first-order chi connectivity index (χ1) is 11.3. The van der Waals surface area contributed by atoms with Crippen molar-refractivity contribution in [1.82, 2.24) is 15.8 Å². The highest BCUT2D eigenvalue weighted by Crippen LogP contribution is 2.17. The van der Waals surface area contributed by atoms with Gasteiger partial charge in [-0.2, -0.15) is 0 Å². The van der Waals surface area contributed by atoms with E-state index in [1.54, 1.807) is 7.11 Å². The fraction of sp³-hybridized carbons (Fsp3) is 0.176. The average Bonchev–Trinajstić information content (AvgIpc) is 3.01. The number of aromatic nitrogens is 1. The molecule has 6 nitrogen and oxygen atoms in total. The average molecular weight is 311 g/mol. The van der Waals surface area contributed by atoms with E-state index >= 15 is 0 Å². The normalized spacial score (nSPS) is 10.5. The van der Waals surface area contributed by atoms with Crippen LogP contribution in [0.4, 0.5) is 4.79 Å². The van der Waals surface area contributed by atoms with Crippen molar-refractivity contribution < 1.29 is 14.1 Å². The lowest BCUT2D eigenvalue weighted by Crippen LogP contribution is -2.34. The summed E-state index contributed by atoms with van der Waals surface area (Å²) in [6, 6.07) is 14.8. The van der Waals surface area contributed by atoms with Crippen LogP contribution in [0.5, 0.6) is 5.75 Å². The Kier molecular flexibility index (Phi) is 4.42. The molecule has 2 N–H and O–H groups in total. The SMILES string of the molecule is COc1cccc(CNC(=O)NCc2noc3ccccc23)c1. The van der Waals surface area contributed by atoms with E-state index < -0.39 is 0 Å². The number of hydrogen-bond acceptors (Lipinski definition) is 4. The summed E-state index contributed by atoms with van der Waals surface area (Å²) >= 11 is 0. The summed E-state index contributed by atoms with van der Waals surface area (Å²) in [6.45, 7) is 0.726. The van der Waals surface area contributed by atoms with E-state index in [2.05, 4.69) is 15.8 Å². The van der Waals surface area contributed by atoms with Crippen LogP contribution in [0.3, 0.4) is 0 Å². The second-order valence-electron chi connectivity index (χ2n) is 5.01. The number of para-hydroxylation sites is 1. The molecule has 0 unspecified atom stereocenters. The Morgan fingerprint density at radius 3 is 2.83 bits per heavy atom. The molecule has 0 saturated carbocycles. The van der Waals surface area contributed by atoms with Crippen molar-refractivity contribution in [3.63, 3.8) is 0 Å². The molecule has 0 aliphatic carbocycles. The molecule has 0 atom stereocenters. The van der Waals surface area contributed by atoms with E-state index in [-0.39, 0.29) is 6.03 Å². The van der Waals surface area contributed by atoms with E-state index in [1.807, 2.05) is 48.5 Å². The highest BCUT2D eigenvalue weighted by atomic mass is 16.5. The van der Waals surface area contributed by atoms with Gasteiger partial charge in [-0.05, 0) is 29.8 Å². The molecule has 0 spiro atoms. The Bertz CT molecular complexity index is 813. The highest BCUT2D eigenvalue weighted by Gasteiger charge is 2.08. The summed E-state index contributed by atoms with van der Waals surface area (Å²) in [4.78, 5) is 11.9. The van der Waals surface area contributed by atoms with E-state index in [1.165, 1.54) is 0 Å². The number of methoxy groups -OCH3 is 1. The van der Waals surface area contributed by atoms with Gasteiger partial charge in [0.25, 0.3) is 0 Å². The summed E-state index contributed by atoms with van der Waals surface area (Å²) in [6.07, 6.45) is 0. The largest absolute Gasteiger partial charge is 0.497 e. The fourth-order valence-corrected chi connectivity index (χ4v) is 2.26. The molecule has 0 aliphatic rings. The number of carbonyl (C=O) groups excluding carboxylic acids is 1. The van der Waals surface area contributed by atoms with Crippen molar-refractivity contribution in [2.45, 2.75) is 13.1 Å². The van der Waals surface area contributed by atoms with Gasteiger partial charge >= 0.3 is 6.03 Å². The van der Waals surface area contributed by atoms with Gasteiger partial charge in [0, 0.05) is 11.9 Å². The van der Waals surface area contributed by atoms with Crippen LogP contribution in [0.25, 0.3) is 11.0 Å². The quantitative estimate of drug-likeness (QED) is 0.759. The highest BCUT2D eigenvalue weighted by molar-refractivity contribution is 5.80. The molecule has 3 aromatic rings. The second kappa shape index (κ2) is 6.83. The smallest absolute Gasteiger partial charge is 0.315 e. The topological polar surface area (TPSA) is 76.4 Å². The molecule has 0 aliphatic heterocycles. The van der Waals surface area contributed by atoms with Gasteiger partial charge in [-0.15, -0.1) is 0 Å². The van der Waals surface area contributed by atoms with Crippen LogP contribution in [0.15, 0.2) is 53.1 Å². The number of carbonyl (C=O) groups is 1. The minimum absolute atomic E-state index is 0.264. The molecule has 3 rings (SSSR count). The van der Waals surface area contributed by atoms with Gasteiger partial charge in [0.15, 0.2) is 5.58 Å². The Morgan fingerprint density at radius 2 is 1.96 bits per heavy atom. The van der Waals surface area contributed by atoms with Crippen molar-refractivity contribution in [2.24, 2.45) is 0 Å². The van der Waals surface area contributed by atoms with Crippen LogP contribution in [0.2, 0.25) is 0 Å². The predicted molar refractivity (Wildman–Crippen MR) is 86.1 cm³/mol. The molecule has 2 amide bonds. The lowest BCUT2D eigenvalue weighted by molar-refractivity contribution is 0.240. The van der Waals surface area contributed by atoms with Crippen molar-refractivity contribution in [2.75, 3.05) is 7.11 Å². The summed E-state index contributed by atoms with van der Waals surface area (Å²) in [5, 5.41) is 10.4. The maximum atomic E-state index is 11.9. The van der Waals surface area contributed by atoms with Crippen LogP contribution in [0.1, 0.15) is 11.3 Å². The van der Waals surface area contributed by atoms with E-state index in [0.717, 1.165) is 16.7 Å². The zero-order valence-electron chi connectivity index (χ0n) is 12.7. The molecule has 6 heteroatoms. The number of nitrogens with zero attached hydrogens (tertiary/aromatic N) is 1. The standard InChI is InChI=1S/C17H17N3O3/c1-22-13-6-4-5-12(9-13)10-18-17(21)19-11-15-14-7-2-3-8-16(14)23-20-15/h2-9H,10-11H2,1H3,(H2,18,19,21). The first-order valence-corrected chi connectivity index (χ1v) is 7.24. The molecule has 0 saturated heterocycles. The van der Waals surface area contributed by atoms with E-state index in [4.69, 9.17) is 9.26 Å². The number of rotatable bonds is 5. The first-order valence-electron chi connectivity index (χ1n) is 7.24. The van der Waals surface area contributed by atoms with Gasteiger partial charge in [-0.25, -0.2) is 4.79 Å². The summed E-state index contributed by atoms with van der Waals surface area (Å²) in [7, 11) is 1.61. The van der Waals surface area contributed by atoms with Gasteiger partial charge < -0.3 is 19.9 Å². The summed E-state index contributed by atoms with van der Waals surface area (Å²) in [5.41, 5.74) is 2.38. The molecule has 1 aromatic heterocycles. The molecule has 0 radical (unpaired) electrons. The third kappa shape index (κ3) is 3.60. The lowest BCUT2D eigenvalue weighted by atomic mass is 10.2. The van der Waals surface area contributed by atoms with Crippen LogP contribution in [-0.2, 0) is 13.1 Å². The number of hydrogen-bond donors (Lipinski definition) is 2. The van der Waals surface area contributed by atoms with Crippen LogP contribution in [0, 0.1) is 0 Å². The van der Waals surface area contributed by atoms with Crippen LogP contribution >= 0.6 is 0 Å². The predicted octanol–water partition coefficient (Wildman–Crippen LogP) is 2.84. The molecule has 2 aromatic carbocycles. The zero-order chi connectivity index (χ0) is 16.1. The van der Waals surface area contributed by atoms with Crippen LogP contribution < -0.4 is 15.4 Å². The number of ether oxygens (including phenoxy) is 1. The minimum Gasteiger partial charge on any atom is -0.497 e. The van der Waals surface area contributed by atoms with Crippen LogP contribution in [-0.4, -0.2) is 18.3 Å². The molecule has 118 valence electrons. The maximum Gasteiger partial charge on any atom is 0.315 e. The van der Waals surface area contributed by atoms with Gasteiger partial charge in [0.1, 0.15) is 11.4 Å². The van der Waals surface area contributed by atoms with Gasteiger partial charge in [-0.3, -0.25) is 0 Å². The molecule has 1 heterocycles. The number of benzene rings is 2. The Hall–Kier alpha value is -3.02. The zero-order valence-corrected chi connectivity index (χ0v) is 12.7. The van der Waals surface area contributed by atoms with Crippen molar-refractivity contribution >= 4 is 17.0 Å². The number of urea groups is 1. The van der Waals surface area contributed by atoms with E-state index in [9.17, 15) is 4.79 Å². The van der Waals surface area contributed by atoms with Crippen molar-refractivity contribution in [3.8, 4) is 5.75 Å². The fourth-order valence-electron chi connectivity index (χ4n) is 2.26. The minimum atomic E-state index is -0.264. The molecular weight excluding hydrogens is 294 g/mol. The second-order valence-corrected chi connectivity index (χ2v) is 5.01. The lowest BCUT2D eigenvalue weighted by Gasteiger charge is -2.07. The Balaban J connectivity index is 1.53. The summed E-state index contributed by atoms with van der Waals surface area (Å²) < 4.78 is 10.4. The number of nitrogens with one attached hydrogen (secondary N) is 2. The van der Waals surface area contributed by atoms with Gasteiger partial charge in [-0.1, -0.05) is 29.4 Å². The monoisotopic (exact) mass is 311 g/mol. The van der Waals surface area contributed by atoms with Gasteiger partial charge in [0.05, 0.1) is 13.7 Å². The summed E-state index contributed by atoms with van der Waals surface area (Å²) in [5.74, 6) is 0.763. The van der Waals surface area contributed by atoms with Crippen molar-refractivity contribution in [3.05, 3.63) is 59.8 Å². The Morgan fingerprint density at radius 1 is 1.13 bits per heavy atom. The number of amides is 2. The number of fused-ring (bicyclic) bond motifs is 1. The van der Waals surface area contributed by atoms with Gasteiger partial charge in [0.2, 0.25) is 0 Å². The third-order valence-electron chi connectivity index (χ3n) is 3.46. The third-order valence-corrected chi connectivity index (χ3v) is 3.46. The molecule has 0 fully saturated rings. The maximum absolute atomic E-state index is 11.9.